The highest BCUT2D eigenvalue weighted by Crippen LogP contribution is 2.36. The summed E-state index contributed by atoms with van der Waals surface area (Å²) in [4.78, 5) is 15.6. The first-order chi connectivity index (χ1) is 11.2. The Morgan fingerprint density at radius 1 is 1.17 bits per heavy atom. The standard InChI is InChI=1S/C16H15ClF3N3O/c1-9(2)15(24)23-11-4-6-14(21-8-11)22-10-3-5-13(17)12(7-10)16(18,19)20/h3-9H,1-2H3,(H,21,22)(H,23,24). The van der Waals surface area contributed by atoms with Crippen molar-refractivity contribution in [3.8, 4) is 0 Å². The van der Waals surface area contributed by atoms with Crippen molar-refractivity contribution in [3.63, 3.8) is 0 Å². The number of anilines is 3. The van der Waals surface area contributed by atoms with E-state index >= 15 is 0 Å². The van der Waals surface area contributed by atoms with E-state index in [9.17, 15) is 18.0 Å². The molecule has 0 spiro atoms. The van der Waals surface area contributed by atoms with Crippen molar-refractivity contribution in [2.45, 2.75) is 20.0 Å². The average molecular weight is 358 g/mol. The summed E-state index contributed by atoms with van der Waals surface area (Å²) in [6.07, 6.45) is -3.11. The lowest BCUT2D eigenvalue weighted by atomic mass is 10.2. The molecule has 1 aromatic heterocycles. The van der Waals surface area contributed by atoms with E-state index in [1.165, 1.54) is 18.3 Å². The molecule has 0 saturated carbocycles. The lowest BCUT2D eigenvalue weighted by molar-refractivity contribution is -0.137. The van der Waals surface area contributed by atoms with Gasteiger partial charge in [-0.15, -0.1) is 0 Å². The predicted molar refractivity (Wildman–Crippen MR) is 87.4 cm³/mol. The molecule has 0 aliphatic heterocycles. The Kier molecular flexibility index (Phi) is 5.33. The Bertz CT molecular complexity index is 730. The molecule has 0 unspecified atom stereocenters. The average Bonchev–Trinajstić information content (AvgIpc) is 2.50. The van der Waals surface area contributed by atoms with Crippen molar-refractivity contribution in [1.29, 1.82) is 0 Å². The zero-order valence-corrected chi connectivity index (χ0v) is 13.7. The molecule has 2 N–H and O–H groups in total. The summed E-state index contributed by atoms with van der Waals surface area (Å²) in [5, 5.41) is 5.07. The molecule has 8 heteroatoms. The number of nitrogens with zero attached hydrogens (tertiary/aromatic N) is 1. The quantitative estimate of drug-likeness (QED) is 0.801. The zero-order valence-electron chi connectivity index (χ0n) is 12.9. The molecular formula is C16H15ClF3N3O. The number of aromatic nitrogens is 1. The lowest BCUT2D eigenvalue weighted by Gasteiger charge is -2.12. The number of hydrogen-bond donors (Lipinski definition) is 2. The third-order valence-electron chi connectivity index (χ3n) is 3.10. The van der Waals surface area contributed by atoms with E-state index in [4.69, 9.17) is 11.6 Å². The van der Waals surface area contributed by atoms with E-state index in [-0.39, 0.29) is 22.5 Å². The maximum Gasteiger partial charge on any atom is 0.417 e. The fourth-order valence-electron chi connectivity index (χ4n) is 1.80. The topological polar surface area (TPSA) is 54.0 Å². The van der Waals surface area contributed by atoms with Gasteiger partial charge in [-0.25, -0.2) is 4.98 Å². The van der Waals surface area contributed by atoms with E-state index < -0.39 is 11.7 Å². The van der Waals surface area contributed by atoms with Crippen LogP contribution < -0.4 is 10.6 Å². The number of amides is 1. The molecule has 2 aromatic rings. The van der Waals surface area contributed by atoms with Gasteiger partial charge in [0.2, 0.25) is 5.91 Å². The van der Waals surface area contributed by atoms with Gasteiger partial charge in [-0.3, -0.25) is 4.79 Å². The van der Waals surface area contributed by atoms with Gasteiger partial charge in [-0.05, 0) is 30.3 Å². The number of carbonyl (C=O) groups is 1. The van der Waals surface area contributed by atoms with Crippen molar-refractivity contribution in [2.75, 3.05) is 10.6 Å². The Labute approximate surface area is 142 Å². The number of carbonyl (C=O) groups excluding carboxylic acids is 1. The molecule has 1 aromatic carbocycles. The van der Waals surface area contributed by atoms with Crippen molar-refractivity contribution in [3.05, 3.63) is 47.1 Å². The van der Waals surface area contributed by atoms with Gasteiger partial charge in [-0.2, -0.15) is 13.2 Å². The molecule has 0 aliphatic carbocycles. The molecule has 2 rings (SSSR count). The van der Waals surface area contributed by atoms with Crippen LogP contribution in [0.15, 0.2) is 36.5 Å². The maximum absolute atomic E-state index is 12.8. The van der Waals surface area contributed by atoms with Gasteiger partial charge in [0.1, 0.15) is 5.82 Å². The first-order valence-corrected chi connectivity index (χ1v) is 7.45. The third kappa shape index (κ3) is 4.61. The summed E-state index contributed by atoms with van der Waals surface area (Å²) >= 11 is 5.57. The molecular weight excluding hydrogens is 343 g/mol. The van der Waals surface area contributed by atoms with Crippen LogP contribution >= 0.6 is 11.6 Å². The normalized spacial score (nSPS) is 11.5. The van der Waals surface area contributed by atoms with Gasteiger partial charge in [0.25, 0.3) is 0 Å². The largest absolute Gasteiger partial charge is 0.417 e. The number of alkyl halides is 3. The number of hydrogen-bond acceptors (Lipinski definition) is 3. The van der Waals surface area contributed by atoms with Gasteiger partial charge in [-0.1, -0.05) is 25.4 Å². The van der Waals surface area contributed by atoms with Gasteiger partial charge < -0.3 is 10.6 Å². The van der Waals surface area contributed by atoms with Crippen LogP contribution in [0.3, 0.4) is 0 Å². The third-order valence-corrected chi connectivity index (χ3v) is 3.43. The number of rotatable bonds is 4. The minimum absolute atomic E-state index is 0.148. The summed E-state index contributed by atoms with van der Waals surface area (Å²) in [7, 11) is 0. The second kappa shape index (κ2) is 7.09. The Balaban J connectivity index is 2.13. The van der Waals surface area contributed by atoms with E-state index in [2.05, 4.69) is 15.6 Å². The Morgan fingerprint density at radius 2 is 1.83 bits per heavy atom. The molecule has 0 radical (unpaired) electrons. The Hall–Kier alpha value is -2.28. The van der Waals surface area contributed by atoms with Crippen LogP contribution in [0.2, 0.25) is 5.02 Å². The number of benzene rings is 1. The predicted octanol–water partition coefficient (Wildman–Crippen LogP) is 5.09. The van der Waals surface area contributed by atoms with Crippen LogP contribution in [-0.2, 0) is 11.0 Å². The van der Waals surface area contributed by atoms with Crippen molar-refractivity contribution in [2.24, 2.45) is 5.92 Å². The molecule has 0 saturated heterocycles. The summed E-state index contributed by atoms with van der Waals surface area (Å²) in [5.74, 6) is 0.0238. The van der Waals surface area contributed by atoms with Gasteiger partial charge >= 0.3 is 6.18 Å². The van der Waals surface area contributed by atoms with E-state index in [0.29, 0.717) is 11.5 Å². The molecule has 1 amide bonds. The van der Waals surface area contributed by atoms with E-state index in [1.807, 2.05) is 0 Å². The SMILES string of the molecule is CC(C)C(=O)Nc1ccc(Nc2ccc(Cl)c(C(F)(F)F)c2)nc1. The van der Waals surface area contributed by atoms with Crippen LogP contribution in [0.5, 0.6) is 0 Å². The molecule has 1 heterocycles. The Morgan fingerprint density at radius 3 is 2.38 bits per heavy atom. The first kappa shape index (κ1) is 18.1. The van der Waals surface area contributed by atoms with Crippen LogP contribution in [-0.4, -0.2) is 10.9 Å². The summed E-state index contributed by atoms with van der Waals surface area (Å²) in [6.45, 7) is 3.52. The summed E-state index contributed by atoms with van der Waals surface area (Å²) in [6, 6.07) is 6.67. The van der Waals surface area contributed by atoms with Crippen LogP contribution in [0.25, 0.3) is 0 Å². The van der Waals surface area contributed by atoms with Gasteiger partial charge in [0.05, 0.1) is 22.5 Å². The number of halogens is 4. The van der Waals surface area contributed by atoms with Crippen molar-refractivity contribution >= 4 is 34.7 Å². The lowest BCUT2D eigenvalue weighted by Crippen LogP contribution is -2.17. The van der Waals surface area contributed by atoms with Crippen LogP contribution in [0, 0.1) is 5.92 Å². The molecule has 4 nitrogen and oxygen atoms in total. The van der Waals surface area contributed by atoms with Crippen LogP contribution in [0.1, 0.15) is 19.4 Å². The smallest absolute Gasteiger partial charge is 0.340 e. The van der Waals surface area contributed by atoms with Gasteiger partial charge in [0.15, 0.2) is 0 Å². The highest BCUT2D eigenvalue weighted by molar-refractivity contribution is 6.31. The number of pyridine rings is 1. The monoisotopic (exact) mass is 357 g/mol. The highest BCUT2D eigenvalue weighted by Gasteiger charge is 2.33. The number of nitrogens with one attached hydrogen (secondary N) is 2. The van der Waals surface area contributed by atoms with E-state index in [1.54, 1.807) is 26.0 Å². The fourth-order valence-corrected chi connectivity index (χ4v) is 2.02. The highest BCUT2D eigenvalue weighted by atomic mass is 35.5. The summed E-state index contributed by atoms with van der Waals surface area (Å²) in [5.41, 5.74) is -0.209. The first-order valence-electron chi connectivity index (χ1n) is 7.07. The zero-order chi connectivity index (χ0) is 17.9. The fraction of sp³-hybridized carbons (Fsp3) is 0.250. The van der Waals surface area contributed by atoms with Gasteiger partial charge in [0, 0.05) is 11.6 Å². The molecule has 0 bridgehead atoms. The molecule has 128 valence electrons. The maximum atomic E-state index is 12.8. The van der Waals surface area contributed by atoms with Crippen LogP contribution in [0.4, 0.5) is 30.4 Å². The summed E-state index contributed by atoms with van der Waals surface area (Å²) < 4.78 is 38.5. The molecule has 0 aliphatic rings. The second-order valence-electron chi connectivity index (χ2n) is 5.39. The molecule has 0 fully saturated rings. The van der Waals surface area contributed by atoms with Crippen molar-refractivity contribution in [1.82, 2.24) is 4.98 Å². The molecule has 0 atom stereocenters. The second-order valence-corrected chi connectivity index (χ2v) is 5.80. The van der Waals surface area contributed by atoms with E-state index in [0.717, 1.165) is 6.07 Å². The molecule has 24 heavy (non-hydrogen) atoms. The minimum atomic E-state index is -4.53. The van der Waals surface area contributed by atoms with Crippen molar-refractivity contribution < 1.29 is 18.0 Å². The minimum Gasteiger partial charge on any atom is -0.340 e.